The Hall–Kier alpha value is -1.25. The number of allylic oxidation sites excluding steroid dienone is 4. The molecule has 0 spiro atoms. The molecule has 0 aliphatic carbocycles. The molecule has 1 unspecified atom stereocenters. The highest BCUT2D eigenvalue weighted by molar-refractivity contribution is 5.69. The maximum absolute atomic E-state index is 12.2. The van der Waals surface area contributed by atoms with Crippen molar-refractivity contribution in [2.45, 2.75) is 116 Å². The number of ether oxygens (including phenoxy) is 3. The fraction of sp³-hybridized carbons (Fsp3) is 0.828. The number of carbonyl (C=O) groups is 1. The molecule has 3 N–H and O–H groups in total. The van der Waals surface area contributed by atoms with Crippen molar-refractivity contribution in [3.63, 3.8) is 0 Å². The molecule has 0 aromatic rings. The summed E-state index contributed by atoms with van der Waals surface area (Å²) < 4.78 is 17.3. The van der Waals surface area contributed by atoms with Crippen molar-refractivity contribution in [1.29, 1.82) is 0 Å². The Kier molecular flexibility index (Phi) is 27.3. The number of esters is 1. The third kappa shape index (κ3) is 25.8. The summed E-state index contributed by atoms with van der Waals surface area (Å²) in [5, 5.41) is 21.1. The van der Waals surface area contributed by atoms with Crippen molar-refractivity contribution in [3.8, 4) is 0 Å². The van der Waals surface area contributed by atoms with Gasteiger partial charge in [-0.1, -0.05) is 51.0 Å². The summed E-state index contributed by atoms with van der Waals surface area (Å²) in [7, 11) is 0. The standard InChI is InChI=1S/C29H55NO6/c1-3-5-7-9-12-17-23-35-29(36-24-18-13-10-8-6-4-2)20-19-28(33)34-22-16-14-11-15-21-30-25-27(32)26-31/h5-8,27,29-32H,3-4,9-26H2,1-2H3/b7-5-,8-6-. The van der Waals surface area contributed by atoms with Gasteiger partial charge in [0.25, 0.3) is 0 Å². The highest BCUT2D eigenvalue weighted by atomic mass is 16.7. The van der Waals surface area contributed by atoms with Crippen LogP contribution in [0.25, 0.3) is 0 Å². The molecular weight excluding hydrogens is 458 g/mol. The van der Waals surface area contributed by atoms with Crippen LogP contribution in [0.1, 0.15) is 104 Å². The number of unbranched alkanes of at least 4 members (excludes halogenated alkanes) is 7. The van der Waals surface area contributed by atoms with Crippen LogP contribution >= 0.6 is 0 Å². The van der Waals surface area contributed by atoms with Crippen molar-refractivity contribution in [3.05, 3.63) is 24.3 Å². The minimum Gasteiger partial charge on any atom is -0.466 e. The van der Waals surface area contributed by atoms with Gasteiger partial charge in [0.2, 0.25) is 0 Å². The van der Waals surface area contributed by atoms with Crippen LogP contribution in [0.15, 0.2) is 24.3 Å². The predicted molar refractivity (Wildman–Crippen MR) is 147 cm³/mol. The van der Waals surface area contributed by atoms with Gasteiger partial charge in [-0.2, -0.15) is 0 Å². The summed E-state index contributed by atoms with van der Waals surface area (Å²) >= 11 is 0. The van der Waals surface area contributed by atoms with E-state index in [0.29, 0.717) is 39.2 Å². The molecule has 212 valence electrons. The Morgan fingerprint density at radius 3 is 1.97 bits per heavy atom. The first-order valence-corrected chi connectivity index (χ1v) is 14.3. The minimum atomic E-state index is -0.694. The SMILES string of the molecule is CC/C=C\CCCCOC(CCC(=O)OCCCCCCNCC(O)CO)OCCCC/C=C\CC. The van der Waals surface area contributed by atoms with Crippen molar-refractivity contribution >= 4 is 5.97 Å². The van der Waals surface area contributed by atoms with Crippen LogP contribution in [-0.2, 0) is 19.0 Å². The van der Waals surface area contributed by atoms with E-state index >= 15 is 0 Å². The molecule has 0 radical (unpaired) electrons. The zero-order valence-electron chi connectivity index (χ0n) is 23.1. The van der Waals surface area contributed by atoms with Gasteiger partial charge >= 0.3 is 5.97 Å². The van der Waals surface area contributed by atoms with Gasteiger partial charge in [0.05, 0.1) is 25.7 Å². The van der Waals surface area contributed by atoms with E-state index in [1.807, 2.05) is 0 Å². The van der Waals surface area contributed by atoms with Crippen LogP contribution in [-0.4, -0.2) is 68.1 Å². The highest BCUT2D eigenvalue weighted by Crippen LogP contribution is 2.10. The van der Waals surface area contributed by atoms with Crippen LogP contribution in [0, 0.1) is 0 Å². The molecule has 0 saturated heterocycles. The first-order valence-electron chi connectivity index (χ1n) is 14.3. The van der Waals surface area contributed by atoms with Crippen LogP contribution in [0.5, 0.6) is 0 Å². The van der Waals surface area contributed by atoms with Gasteiger partial charge in [-0.15, -0.1) is 0 Å². The lowest BCUT2D eigenvalue weighted by molar-refractivity contribution is -0.159. The van der Waals surface area contributed by atoms with Gasteiger partial charge in [-0.3, -0.25) is 4.79 Å². The van der Waals surface area contributed by atoms with Gasteiger partial charge in [-0.05, 0) is 70.8 Å². The summed E-state index contributed by atoms with van der Waals surface area (Å²) in [6, 6.07) is 0. The lowest BCUT2D eigenvalue weighted by Crippen LogP contribution is -2.29. The average Bonchev–Trinajstić information content (AvgIpc) is 2.88. The molecule has 0 saturated carbocycles. The van der Waals surface area contributed by atoms with E-state index < -0.39 is 6.10 Å². The maximum atomic E-state index is 12.2. The normalized spacial score (nSPS) is 12.8. The zero-order chi connectivity index (χ0) is 26.5. The van der Waals surface area contributed by atoms with Gasteiger partial charge < -0.3 is 29.7 Å². The topological polar surface area (TPSA) is 97.3 Å². The molecule has 0 rings (SSSR count). The van der Waals surface area contributed by atoms with Crippen LogP contribution in [0.2, 0.25) is 0 Å². The van der Waals surface area contributed by atoms with Crippen molar-refractivity contribution in [2.24, 2.45) is 0 Å². The maximum Gasteiger partial charge on any atom is 0.305 e. The fourth-order valence-corrected chi connectivity index (χ4v) is 3.47. The first-order chi connectivity index (χ1) is 17.6. The number of hydrogen-bond acceptors (Lipinski definition) is 7. The zero-order valence-corrected chi connectivity index (χ0v) is 23.1. The van der Waals surface area contributed by atoms with Gasteiger partial charge in [0.15, 0.2) is 6.29 Å². The second kappa shape index (κ2) is 28.3. The number of aliphatic hydroxyl groups is 2. The van der Waals surface area contributed by atoms with E-state index in [1.165, 1.54) is 0 Å². The molecule has 0 aliphatic heterocycles. The van der Waals surface area contributed by atoms with Gasteiger partial charge in [0.1, 0.15) is 0 Å². The molecule has 0 heterocycles. The predicted octanol–water partition coefficient (Wildman–Crippen LogP) is 5.45. The van der Waals surface area contributed by atoms with E-state index in [9.17, 15) is 9.90 Å². The van der Waals surface area contributed by atoms with E-state index in [-0.39, 0.29) is 18.9 Å². The number of hydrogen-bond donors (Lipinski definition) is 3. The summed E-state index contributed by atoms with van der Waals surface area (Å²) in [4.78, 5) is 12.2. The van der Waals surface area contributed by atoms with Gasteiger partial charge in [0, 0.05) is 26.2 Å². The number of nitrogens with one attached hydrogen (secondary N) is 1. The second-order valence-corrected chi connectivity index (χ2v) is 9.14. The van der Waals surface area contributed by atoms with Crippen LogP contribution < -0.4 is 5.32 Å². The molecule has 1 atom stereocenters. The van der Waals surface area contributed by atoms with Gasteiger partial charge in [-0.25, -0.2) is 0 Å². The molecule has 0 aromatic carbocycles. The minimum absolute atomic E-state index is 0.193. The summed E-state index contributed by atoms with van der Waals surface area (Å²) in [5.74, 6) is -0.193. The lowest BCUT2D eigenvalue weighted by atomic mass is 10.2. The number of aliphatic hydroxyl groups excluding tert-OH is 2. The Balaban J connectivity index is 4.00. The quantitative estimate of drug-likeness (QED) is 0.0582. The molecule has 0 amide bonds. The molecule has 0 fully saturated rings. The van der Waals surface area contributed by atoms with Crippen molar-refractivity contribution in [2.75, 3.05) is 39.5 Å². The van der Waals surface area contributed by atoms with Crippen molar-refractivity contribution in [1.82, 2.24) is 5.32 Å². The van der Waals surface area contributed by atoms with E-state index in [2.05, 4.69) is 43.5 Å². The average molecular weight is 514 g/mol. The first kappa shape index (κ1) is 34.8. The summed E-state index contributed by atoms with van der Waals surface area (Å²) in [5.41, 5.74) is 0. The summed E-state index contributed by atoms with van der Waals surface area (Å²) in [6.07, 6.45) is 20.9. The van der Waals surface area contributed by atoms with Crippen LogP contribution in [0.3, 0.4) is 0 Å². The number of carbonyl (C=O) groups excluding carboxylic acids is 1. The Bertz CT molecular complexity index is 502. The fourth-order valence-electron chi connectivity index (χ4n) is 3.47. The lowest BCUT2D eigenvalue weighted by Gasteiger charge is -2.18. The number of rotatable bonds is 27. The molecule has 7 nitrogen and oxygen atoms in total. The Morgan fingerprint density at radius 2 is 1.39 bits per heavy atom. The highest BCUT2D eigenvalue weighted by Gasteiger charge is 2.13. The second-order valence-electron chi connectivity index (χ2n) is 9.14. The third-order valence-corrected chi connectivity index (χ3v) is 5.63. The third-order valence-electron chi connectivity index (χ3n) is 5.63. The largest absolute Gasteiger partial charge is 0.466 e. The molecule has 0 bridgehead atoms. The molecule has 7 heteroatoms. The Morgan fingerprint density at radius 1 is 0.806 bits per heavy atom. The smallest absolute Gasteiger partial charge is 0.305 e. The monoisotopic (exact) mass is 513 g/mol. The Labute approximate surface area is 220 Å². The van der Waals surface area contributed by atoms with Crippen LogP contribution in [0.4, 0.5) is 0 Å². The van der Waals surface area contributed by atoms with E-state index in [4.69, 9.17) is 19.3 Å². The van der Waals surface area contributed by atoms with E-state index in [0.717, 1.165) is 83.6 Å². The van der Waals surface area contributed by atoms with E-state index in [1.54, 1.807) is 0 Å². The molecular formula is C29H55NO6. The molecule has 36 heavy (non-hydrogen) atoms. The molecule has 0 aromatic heterocycles. The summed E-state index contributed by atoms with van der Waals surface area (Å²) in [6.45, 7) is 7.02. The molecule has 0 aliphatic rings. The van der Waals surface area contributed by atoms with Crippen molar-refractivity contribution < 1.29 is 29.2 Å².